The van der Waals surface area contributed by atoms with E-state index in [0.29, 0.717) is 5.69 Å². The highest BCUT2D eigenvalue weighted by atomic mass is 79.9. The number of nitrogens with zero attached hydrogens (tertiary/aromatic N) is 1. The Morgan fingerprint density at radius 2 is 2.00 bits per heavy atom. The number of hydrogen-bond acceptors (Lipinski definition) is 3. The molecule has 1 amide bonds. The van der Waals surface area contributed by atoms with Crippen LogP contribution in [0, 0.1) is 0 Å². The van der Waals surface area contributed by atoms with E-state index >= 15 is 0 Å². The summed E-state index contributed by atoms with van der Waals surface area (Å²) in [6.07, 6.45) is 1.71. The monoisotopic (exact) mass is 338 g/mol. The van der Waals surface area contributed by atoms with E-state index in [1.807, 2.05) is 0 Å². The summed E-state index contributed by atoms with van der Waals surface area (Å²) in [5, 5.41) is 20.9. The van der Waals surface area contributed by atoms with Gasteiger partial charge in [0.25, 0.3) is 5.91 Å². The number of hydrogen-bond donors (Lipinski definition) is 3. The van der Waals surface area contributed by atoms with Gasteiger partial charge in [-0.05, 0) is 40.2 Å². The highest BCUT2D eigenvalue weighted by Crippen LogP contribution is 2.22. The molecule has 0 aliphatic heterocycles. The van der Waals surface area contributed by atoms with E-state index in [1.54, 1.807) is 23.9 Å². The van der Waals surface area contributed by atoms with Crippen molar-refractivity contribution in [3.63, 3.8) is 0 Å². The van der Waals surface area contributed by atoms with Crippen molar-refractivity contribution >= 4 is 33.5 Å². The van der Waals surface area contributed by atoms with Crippen LogP contribution in [0.15, 0.2) is 34.9 Å². The number of carbonyl (C=O) groups is 2. The van der Waals surface area contributed by atoms with Gasteiger partial charge in [0.1, 0.15) is 11.4 Å². The lowest BCUT2D eigenvalue weighted by molar-refractivity contribution is 0.0697. The summed E-state index contributed by atoms with van der Waals surface area (Å²) < 4.78 is 2.36. The third-order valence-corrected chi connectivity index (χ3v) is 3.12. The highest BCUT2D eigenvalue weighted by molar-refractivity contribution is 9.10. The Morgan fingerprint density at radius 1 is 1.30 bits per heavy atom. The molecule has 0 aliphatic rings. The molecule has 2 aromatic rings. The van der Waals surface area contributed by atoms with Crippen molar-refractivity contribution in [3.05, 3.63) is 46.2 Å². The Balaban J connectivity index is 2.33. The van der Waals surface area contributed by atoms with Crippen LogP contribution in [-0.2, 0) is 7.05 Å². The number of anilines is 1. The maximum absolute atomic E-state index is 12.1. The van der Waals surface area contributed by atoms with Gasteiger partial charge >= 0.3 is 5.97 Å². The first-order valence-electron chi connectivity index (χ1n) is 5.58. The zero-order valence-electron chi connectivity index (χ0n) is 10.4. The molecule has 1 aromatic heterocycles. The number of nitrogens with one attached hydrogen (secondary N) is 1. The summed E-state index contributed by atoms with van der Waals surface area (Å²) >= 11 is 3.26. The van der Waals surface area contributed by atoms with Gasteiger partial charge in [-0.1, -0.05) is 0 Å². The van der Waals surface area contributed by atoms with Gasteiger partial charge in [-0.2, -0.15) is 0 Å². The molecule has 0 saturated heterocycles. The molecule has 1 aromatic carbocycles. The summed E-state index contributed by atoms with van der Waals surface area (Å²) in [5.41, 5.74) is 0.325. The van der Waals surface area contributed by atoms with Crippen molar-refractivity contribution in [2.75, 3.05) is 5.32 Å². The molecule has 0 fully saturated rings. The summed E-state index contributed by atoms with van der Waals surface area (Å²) in [6, 6.07) is 5.35. The molecule has 0 atom stereocenters. The number of carboxylic acids is 1. The standard InChI is InChI=1S/C13H11BrN2O4/c1-16-6-7(14)4-11(16)12(18)15-10-3-2-8(17)5-9(10)13(19)20/h2-6,17H,1H3,(H,15,18)(H,19,20). The Morgan fingerprint density at radius 3 is 2.55 bits per heavy atom. The molecular weight excluding hydrogens is 328 g/mol. The largest absolute Gasteiger partial charge is 0.508 e. The molecule has 6 nitrogen and oxygen atoms in total. The first-order valence-corrected chi connectivity index (χ1v) is 6.37. The molecule has 0 saturated carbocycles. The average molecular weight is 339 g/mol. The van der Waals surface area contributed by atoms with Crippen LogP contribution < -0.4 is 5.32 Å². The van der Waals surface area contributed by atoms with Gasteiger partial charge in [0.15, 0.2) is 0 Å². The number of carbonyl (C=O) groups excluding carboxylic acids is 1. The van der Waals surface area contributed by atoms with E-state index in [1.165, 1.54) is 12.1 Å². The van der Waals surface area contributed by atoms with Crippen LogP contribution in [0.2, 0.25) is 0 Å². The number of benzene rings is 1. The number of rotatable bonds is 3. The zero-order valence-corrected chi connectivity index (χ0v) is 12.0. The van der Waals surface area contributed by atoms with Crippen molar-refractivity contribution < 1.29 is 19.8 Å². The van der Waals surface area contributed by atoms with E-state index in [2.05, 4.69) is 21.2 Å². The second kappa shape index (κ2) is 5.38. The van der Waals surface area contributed by atoms with Gasteiger partial charge in [-0.25, -0.2) is 4.79 Å². The lowest BCUT2D eigenvalue weighted by atomic mass is 10.1. The third kappa shape index (κ3) is 2.83. The molecule has 3 N–H and O–H groups in total. The number of aromatic hydroxyl groups is 1. The highest BCUT2D eigenvalue weighted by Gasteiger charge is 2.16. The van der Waals surface area contributed by atoms with E-state index in [0.717, 1.165) is 10.5 Å². The van der Waals surface area contributed by atoms with Crippen molar-refractivity contribution in [1.82, 2.24) is 4.57 Å². The SMILES string of the molecule is Cn1cc(Br)cc1C(=O)Nc1ccc(O)cc1C(=O)O. The molecule has 0 radical (unpaired) electrons. The summed E-state index contributed by atoms with van der Waals surface area (Å²) in [6.45, 7) is 0. The van der Waals surface area contributed by atoms with Crippen LogP contribution in [0.1, 0.15) is 20.8 Å². The first kappa shape index (κ1) is 14.1. The number of amides is 1. The van der Waals surface area contributed by atoms with Gasteiger partial charge in [-0.15, -0.1) is 0 Å². The maximum Gasteiger partial charge on any atom is 0.337 e. The molecule has 0 aliphatic carbocycles. The van der Waals surface area contributed by atoms with E-state index in [9.17, 15) is 14.7 Å². The van der Waals surface area contributed by atoms with E-state index in [4.69, 9.17) is 5.11 Å². The predicted octanol–water partition coefficient (Wildman–Crippen LogP) is 2.44. The fraction of sp³-hybridized carbons (Fsp3) is 0.0769. The van der Waals surface area contributed by atoms with Crippen LogP contribution in [-0.4, -0.2) is 26.7 Å². The van der Waals surface area contributed by atoms with Crippen molar-refractivity contribution in [1.29, 1.82) is 0 Å². The lowest BCUT2D eigenvalue weighted by Crippen LogP contribution is -2.17. The number of aromatic carboxylic acids is 1. The topological polar surface area (TPSA) is 91.6 Å². The summed E-state index contributed by atoms with van der Waals surface area (Å²) in [5.74, 6) is -1.85. The van der Waals surface area contributed by atoms with Crippen molar-refractivity contribution in [2.24, 2.45) is 7.05 Å². The second-order valence-electron chi connectivity index (χ2n) is 4.14. The Hall–Kier alpha value is -2.28. The minimum atomic E-state index is -1.23. The smallest absolute Gasteiger partial charge is 0.337 e. The Bertz CT molecular complexity index is 694. The van der Waals surface area contributed by atoms with Crippen molar-refractivity contribution in [3.8, 4) is 5.75 Å². The zero-order chi connectivity index (χ0) is 14.9. The molecule has 0 unspecified atom stereocenters. The van der Waals surface area contributed by atoms with Crippen LogP contribution >= 0.6 is 15.9 Å². The first-order chi connectivity index (χ1) is 9.38. The molecule has 2 rings (SSSR count). The fourth-order valence-electron chi connectivity index (χ4n) is 1.75. The Kier molecular flexibility index (Phi) is 3.80. The predicted molar refractivity (Wildman–Crippen MR) is 76.1 cm³/mol. The van der Waals surface area contributed by atoms with E-state index in [-0.39, 0.29) is 17.0 Å². The molecule has 104 valence electrons. The molecular formula is C13H11BrN2O4. The number of carboxylic acid groups (broad SMARTS) is 1. The fourth-order valence-corrected chi connectivity index (χ4v) is 2.28. The van der Waals surface area contributed by atoms with Crippen LogP contribution in [0.4, 0.5) is 5.69 Å². The average Bonchev–Trinajstić information content (AvgIpc) is 2.70. The quantitative estimate of drug-likeness (QED) is 0.749. The number of aromatic nitrogens is 1. The second-order valence-corrected chi connectivity index (χ2v) is 5.06. The molecule has 0 spiro atoms. The minimum absolute atomic E-state index is 0.123. The number of aryl methyl sites for hydroxylation is 1. The van der Waals surface area contributed by atoms with Gasteiger partial charge in [0.2, 0.25) is 0 Å². The van der Waals surface area contributed by atoms with Crippen LogP contribution in [0.3, 0.4) is 0 Å². The third-order valence-electron chi connectivity index (χ3n) is 2.69. The molecule has 20 heavy (non-hydrogen) atoms. The Labute approximate surface area is 122 Å². The normalized spacial score (nSPS) is 10.3. The molecule has 0 bridgehead atoms. The summed E-state index contributed by atoms with van der Waals surface area (Å²) in [4.78, 5) is 23.2. The maximum atomic E-state index is 12.1. The minimum Gasteiger partial charge on any atom is -0.508 e. The van der Waals surface area contributed by atoms with Gasteiger partial charge in [0.05, 0.1) is 11.3 Å². The number of phenolic OH excluding ortho intramolecular Hbond substituents is 1. The molecule has 1 heterocycles. The van der Waals surface area contributed by atoms with Gasteiger partial charge in [-0.3, -0.25) is 4.79 Å². The van der Waals surface area contributed by atoms with Crippen molar-refractivity contribution in [2.45, 2.75) is 0 Å². The van der Waals surface area contributed by atoms with Gasteiger partial charge < -0.3 is 20.1 Å². The molecule has 7 heteroatoms. The lowest BCUT2D eigenvalue weighted by Gasteiger charge is -2.09. The summed E-state index contributed by atoms with van der Waals surface area (Å²) in [7, 11) is 1.70. The van der Waals surface area contributed by atoms with Crippen LogP contribution in [0.5, 0.6) is 5.75 Å². The van der Waals surface area contributed by atoms with Gasteiger partial charge in [0, 0.05) is 17.7 Å². The number of phenols is 1. The van der Waals surface area contributed by atoms with Crippen LogP contribution in [0.25, 0.3) is 0 Å². The number of halogens is 1. The van der Waals surface area contributed by atoms with E-state index < -0.39 is 11.9 Å².